The van der Waals surface area contributed by atoms with E-state index in [1.54, 1.807) is 7.11 Å². The van der Waals surface area contributed by atoms with Gasteiger partial charge in [0.15, 0.2) is 0 Å². The molecule has 2 unspecified atom stereocenters. The maximum atomic E-state index is 5.77. The lowest BCUT2D eigenvalue weighted by atomic mass is 9.78. The molecular formula is C14H25N3O2. The summed E-state index contributed by atoms with van der Waals surface area (Å²) in [5.74, 6) is 2.08. The van der Waals surface area contributed by atoms with Gasteiger partial charge in [-0.2, -0.15) is 4.98 Å². The van der Waals surface area contributed by atoms with Crippen molar-refractivity contribution in [2.24, 2.45) is 11.7 Å². The third-order valence-corrected chi connectivity index (χ3v) is 4.07. The summed E-state index contributed by atoms with van der Waals surface area (Å²) in [7, 11) is 1.75. The lowest BCUT2D eigenvalue weighted by Crippen LogP contribution is -2.35. The van der Waals surface area contributed by atoms with Crippen LogP contribution in [0.25, 0.3) is 0 Å². The van der Waals surface area contributed by atoms with Gasteiger partial charge in [-0.3, -0.25) is 0 Å². The van der Waals surface area contributed by atoms with E-state index < -0.39 is 0 Å². The lowest BCUT2D eigenvalue weighted by molar-refractivity contribution is -0.0658. The Hall–Kier alpha value is -0.940. The lowest BCUT2D eigenvalue weighted by Gasteiger charge is -2.36. The summed E-state index contributed by atoms with van der Waals surface area (Å²) in [6, 6.07) is 0. The fourth-order valence-electron chi connectivity index (χ4n) is 2.94. The van der Waals surface area contributed by atoms with Crippen molar-refractivity contribution in [2.45, 2.75) is 57.5 Å². The first-order valence-electron chi connectivity index (χ1n) is 7.28. The molecule has 0 saturated heterocycles. The number of ether oxygens (including phenoxy) is 1. The maximum absolute atomic E-state index is 5.77. The molecule has 1 aromatic heterocycles. The zero-order valence-electron chi connectivity index (χ0n) is 12.0. The summed E-state index contributed by atoms with van der Waals surface area (Å²) in [6.07, 6.45) is 7.16. The molecule has 2 atom stereocenters. The van der Waals surface area contributed by atoms with Crippen LogP contribution >= 0.6 is 0 Å². The third kappa shape index (κ3) is 3.34. The van der Waals surface area contributed by atoms with Gasteiger partial charge in [0.25, 0.3) is 0 Å². The summed E-state index contributed by atoms with van der Waals surface area (Å²) in [5, 5.41) is 4.15. The monoisotopic (exact) mass is 267 g/mol. The molecule has 1 saturated carbocycles. The molecule has 5 nitrogen and oxygen atoms in total. The van der Waals surface area contributed by atoms with Crippen LogP contribution in [0.1, 0.15) is 57.2 Å². The molecule has 1 fully saturated rings. The molecule has 0 aromatic carbocycles. The van der Waals surface area contributed by atoms with E-state index in [4.69, 9.17) is 15.0 Å². The molecule has 0 aliphatic heterocycles. The summed E-state index contributed by atoms with van der Waals surface area (Å²) < 4.78 is 11.1. The molecule has 0 radical (unpaired) electrons. The Bertz CT molecular complexity index is 394. The molecule has 2 N–H and O–H groups in total. The SMILES string of the molecule is COC1(c2noc(CCCCN)n2)CCCC(C)C1. The molecule has 108 valence electrons. The van der Waals surface area contributed by atoms with Crippen LogP contribution in [0.3, 0.4) is 0 Å². The molecule has 5 heteroatoms. The molecular weight excluding hydrogens is 242 g/mol. The average Bonchev–Trinajstić information content (AvgIpc) is 2.88. The summed E-state index contributed by atoms with van der Waals surface area (Å²) in [5.41, 5.74) is 5.15. The van der Waals surface area contributed by atoms with Crippen LogP contribution in [0.5, 0.6) is 0 Å². The van der Waals surface area contributed by atoms with E-state index >= 15 is 0 Å². The van der Waals surface area contributed by atoms with E-state index in [1.165, 1.54) is 6.42 Å². The second kappa shape index (κ2) is 6.48. The highest BCUT2D eigenvalue weighted by Crippen LogP contribution is 2.41. The fraction of sp³-hybridized carbons (Fsp3) is 0.857. The van der Waals surface area contributed by atoms with Crippen LogP contribution in [0, 0.1) is 5.92 Å². The number of nitrogens with two attached hydrogens (primary N) is 1. The van der Waals surface area contributed by atoms with Gasteiger partial charge in [-0.15, -0.1) is 0 Å². The number of nitrogens with zero attached hydrogens (tertiary/aromatic N) is 2. The zero-order chi connectivity index (χ0) is 13.7. The van der Waals surface area contributed by atoms with Crippen molar-refractivity contribution in [3.8, 4) is 0 Å². The number of hydrogen-bond acceptors (Lipinski definition) is 5. The number of aromatic nitrogens is 2. The van der Waals surface area contributed by atoms with E-state index in [1.807, 2.05) is 0 Å². The topological polar surface area (TPSA) is 74.2 Å². The molecule has 0 bridgehead atoms. The van der Waals surface area contributed by atoms with Crippen LogP contribution in [-0.4, -0.2) is 23.8 Å². The molecule has 1 heterocycles. The molecule has 2 rings (SSSR count). The Kier molecular flexibility index (Phi) is 4.93. The average molecular weight is 267 g/mol. The standard InChI is InChI=1S/C14H25N3O2/c1-11-6-5-8-14(10-11,18-2)13-16-12(19-17-13)7-3-4-9-15/h11H,3-10,15H2,1-2H3. The van der Waals surface area contributed by atoms with Gasteiger partial charge in [-0.25, -0.2) is 0 Å². The Morgan fingerprint density at radius 2 is 2.32 bits per heavy atom. The molecule has 0 amide bonds. The van der Waals surface area contributed by atoms with E-state index in [9.17, 15) is 0 Å². The molecule has 19 heavy (non-hydrogen) atoms. The zero-order valence-corrected chi connectivity index (χ0v) is 12.0. The Morgan fingerprint density at radius 1 is 1.47 bits per heavy atom. The first-order chi connectivity index (χ1) is 9.20. The first-order valence-corrected chi connectivity index (χ1v) is 7.28. The van der Waals surface area contributed by atoms with E-state index in [2.05, 4.69) is 17.1 Å². The van der Waals surface area contributed by atoms with Gasteiger partial charge in [0.1, 0.15) is 5.60 Å². The summed E-state index contributed by atoms with van der Waals surface area (Å²) in [4.78, 5) is 4.54. The normalized spacial score (nSPS) is 27.6. The largest absolute Gasteiger partial charge is 0.370 e. The van der Waals surface area contributed by atoms with E-state index in [0.717, 1.165) is 44.3 Å². The smallest absolute Gasteiger partial charge is 0.226 e. The maximum Gasteiger partial charge on any atom is 0.226 e. The van der Waals surface area contributed by atoms with Crippen molar-refractivity contribution in [3.63, 3.8) is 0 Å². The second-order valence-corrected chi connectivity index (χ2v) is 5.66. The second-order valence-electron chi connectivity index (χ2n) is 5.66. The van der Waals surface area contributed by atoms with Crippen LogP contribution < -0.4 is 5.73 Å². The van der Waals surface area contributed by atoms with Crippen molar-refractivity contribution in [1.82, 2.24) is 10.1 Å². The highest BCUT2D eigenvalue weighted by Gasteiger charge is 2.40. The van der Waals surface area contributed by atoms with Crippen LogP contribution in [0.2, 0.25) is 0 Å². The Morgan fingerprint density at radius 3 is 3.00 bits per heavy atom. The van der Waals surface area contributed by atoms with Crippen molar-refractivity contribution < 1.29 is 9.26 Å². The molecule has 1 aliphatic rings. The predicted molar refractivity (Wildman–Crippen MR) is 72.6 cm³/mol. The minimum Gasteiger partial charge on any atom is -0.370 e. The van der Waals surface area contributed by atoms with E-state index in [0.29, 0.717) is 18.4 Å². The molecule has 1 aliphatic carbocycles. The van der Waals surface area contributed by atoms with Crippen molar-refractivity contribution in [2.75, 3.05) is 13.7 Å². The van der Waals surface area contributed by atoms with Crippen LogP contribution in [-0.2, 0) is 16.8 Å². The number of hydrogen-bond donors (Lipinski definition) is 1. The quantitative estimate of drug-likeness (QED) is 0.801. The number of aryl methyl sites for hydroxylation is 1. The van der Waals surface area contributed by atoms with Gasteiger partial charge in [-0.05, 0) is 44.6 Å². The number of methoxy groups -OCH3 is 1. The van der Waals surface area contributed by atoms with Crippen LogP contribution in [0.4, 0.5) is 0 Å². The van der Waals surface area contributed by atoms with Gasteiger partial charge in [-0.1, -0.05) is 18.5 Å². The van der Waals surface area contributed by atoms with Gasteiger partial charge in [0.2, 0.25) is 11.7 Å². The van der Waals surface area contributed by atoms with Crippen LogP contribution in [0.15, 0.2) is 4.52 Å². The number of unbranched alkanes of at least 4 members (excludes halogenated alkanes) is 1. The summed E-state index contributed by atoms with van der Waals surface area (Å²) >= 11 is 0. The van der Waals surface area contributed by atoms with Crippen molar-refractivity contribution in [1.29, 1.82) is 0 Å². The van der Waals surface area contributed by atoms with E-state index in [-0.39, 0.29) is 5.60 Å². The van der Waals surface area contributed by atoms with Crippen molar-refractivity contribution >= 4 is 0 Å². The Labute approximate surface area is 114 Å². The highest BCUT2D eigenvalue weighted by atomic mass is 16.5. The minimum absolute atomic E-state index is 0.340. The van der Waals surface area contributed by atoms with Crippen molar-refractivity contribution in [3.05, 3.63) is 11.7 Å². The molecule has 1 aromatic rings. The first kappa shape index (κ1) is 14.5. The summed E-state index contributed by atoms with van der Waals surface area (Å²) in [6.45, 7) is 2.97. The van der Waals surface area contributed by atoms with Gasteiger partial charge < -0.3 is 15.0 Å². The predicted octanol–water partition coefficient (Wildman–Crippen LogP) is 2.40. The van der Waals surface area contributed by atoms with Gasteiger partial charge in [0, 0.05) is 13.5 Å². The highest BCUT2D eigenvalue weighted by molar-refractivity contribution is 5.04. The minimum atomic E-state index is -0.340. The van der Waals surface area contributed by atoms with Gasteiger partial charge in [0.05, 0.1) is 0 Å². The fourth-order valence-corrected chi connectivity index (χ4v) is 2.94. The third-order valence-electron chi connectivity index (χ3n) is 4.07. The number of rotatable bonds is 6. The van der Waals surface area contributed by atoms with Gasteiger partial charge >= 0.3 is 0 Å². The Balaban J connectivity index is 2.06. The molecule has 0 spiro atoms.